The van der Waals surface area contributed by atoms with Gasteiger partial charge in [0.25, 0.3) is 0 Å². The zero-order valence-electron chi connectivity index (χ0n) is 10.8. The minimum Gasteiger partial charge on any atom is -0.396 e. The third-order valence-corrected chi connectivity index (χ3v) is 2.98. The molecule has 6 nitrogen and oxygen atoms in total. The summed E-state index contributed by atoms with van der Waals surface area (Å²) in [5.41, 5.74) is 0. The van der Waals surface area contributed by atoms with Gasteiger partial charge in [0.15, 0.2) is 0 Å². The van der Waals surface area contributed by atoms with Crippen molar-refractivity contribution in [3.63, 3.8) is 0 Å². The Hall–Kier alpha value is -0.240. The largest absolute Gasteiger partial charge is 0.396 e. The molecular weight excluding hydrogens is 240 g/mol. The highest BCUT2D eigenvalue weighted by Crippen LogP contribution is 2.14. The molecule has 0 unspecified atom stereocenters. The zero-order chi connectivity index (χ0) is 14.1. The second-order valence-electron chi connectivity index (χ2n) is 4.61. The number of aliphatic hydroxyl groups excluding tert-OH is 6. The lowest BCUT2D eigenvalue weighted by Crippen LogP contribution is -2.49. The van der Waals surface area contributed by atoms with E-state index >= 15 is 0 Å². The van der Waals surface area contributed by atoms with Gasteiger partial charge in [-0.2, -0.15) is 0 Å². The molecule has 0 saturated carbocycles. The van der Waals surface area contributed by atoms with Crippen molar-refractivity contribution < 1.29 is 30.6 Å². The van der Waals surface area contributed by atoms with Crippen molar-refractivity contribution in [2.24, 2.45) is 0 Å². The summed E-state index contributed by atoms with van der Waals surface area (Å²) in [5.74, 6) is 0. The minimum absolute atomic E-state index is 0.00318. The van der Waals surface area contributed by atoms with E-state index in [1.54, 1.807) is 0 Å². The summed E-state index contributed by atoms with van der Waals surface area (Å²) in [4.78, 5) is 0. The second kappa shape index (κ2) is 9.66. The van der Waals surface area contributed by atoms with Gasteiger partial charge in [-0.3, -0.25) is 0 Å². The zero-order valence-corrected chi connectivity index (χ0v) is 10.8. The van der Waals surface area contributed by atoms with Crippen LogP contribution in [0.15, 0.2) is 0 Å². The predicted molar refractivity (Wildman–Crippen MR) is 65.9 cm³/mol. The highest BCUT2D eigenvalue weighted by Gasteiger charge is 2.33. The Morgan fingerprint density at radius 1 is 0.722 bits per heavy atom. The first-order valence-electron chi connectivity index (χ1n) is 6.46. The van der Waals surface area contributed by atoms with Crippen molar-refractivity contribution >= 4 is 0 Å². The fourth-order valence-corrected chi connectivity index (χ4v) is 1.76. The van der Waals surface area contributed by atoms with E-state index in [2.05, 4.69) is 0 Å². The molecule has 18 heavy (non-hydrogen) atoms. The molecule has 0 aliphatic heterocycles. The quantitative estimate of drug-likeness (QED) is 0.275. The summed E-state index contributed by atoms with van der Waals surface area (Å²) < 4.78 is 0. The Bertz CT molecular complexity index is 201. The number of hydrogen-bond donors (Lipinski definition) is 6. The standard InChI is InChI=1S/C12H26O6/c1-2-5-8(14)10(16)12(18)11(17)9(15)6-3-4-7-13/h8-18H,2-7H2,1H3/t8-,9-,10-,11-,12+/m1/s1. The predicted octanol–water partition coefficient (Wildman–Crippen LogP) is -1.25. The molecule has 110 valence electrons. The van der Waals surface area contributed by atoms with E-state index in [1.165, 1.54) is 0 Å². The maximum Gasteiger partial charge on any atom is 0.111 e. The number of aliphatic hydroxyl groups is 6. The molecule has 0 aliphatic carbocycles. The summed E-state index contributed by atoms with van der Waals surface area (Å²) in [6, 6.07) is 0. The topological polar surface area (TPSA) is 121 Å². The Balaban J connectivity index is 4.17. The molecule has 0 rings (SSSR count). The van der Waals surface area contributed by atoms with Crippen LogP contribution >= 0.6 is 0 Å². The molecule has 0 aromatic rings. The fourth-order valence-electron chi connectivity index (χ4n) is 1.76. The van der Waals surface area contributed by atoms with Gasteiger partial charge in [0.2, 0.25) is 0 Å². The van der Waals surface area contributed by atoms with E-state index in [0.717, 1.165) is 0 Å². The third kappa shape index (κ3) is 6.08. The van der Waals surface area contributed by atoms with Crippen LogP contribution in [-0.2, 0) is 0 Å². The van der Waals surface area contributed by atoms with Gasteiger partial charge in [0, 0.05) is 6.61 Å². The van der Waals surface area contributed by atoms with Crippen molar-refractivity contribution in [1.82, 2.24) is 0 Å². The highest BCUT2D eigenvalue weighted by molar-refractivity contribution is 4.84. The molecule has 6 N–H and O–H groups in total. The molecule has 0 aromatic carbocycles. The van der Waals surface area contributed by atoms with Gasteiger partial charge in [-0.25, -0.2) is 0 Å². The lowest BCUT2D eigenvalue weighted by atomic mass is 9.95. The molecule has 0 spiro atoms. The van der Waals surface area contributed by atoms with E-state index in [0.29, 0.717) is 25.7 Å². The average Bonchev–Trinajstić information content (AvgIpc) is 2.36. The first-order chi connectivity index (χ1) is 8.45. The molecule has 0 bridgehead atoms. The lowest BCUT2D eigenvalue weighted by Gasteiger charge is -2.29. The first-order valence-corrected chi connectivity index (χ1v) is 6.46. The van der Waals surface area contributed by atoms with Gasteiger partial charge in [-0.1, -0.05) is 13.3 Å². The van der Waals surface area contributed by atoms with E-state index in [9.17, 15) is 25.5 Å². The maximum atomic E-state index is 9.64. The van der Waals surface area contributed by atoms with Crippen LogP contribution < -0.4 is 0 Å². The van der Waals surface area contributed by atoms with Crippen molar-refractivity contribution in [2.45, 2.75) is 69.5 Å². The van der Waals surface area contributed by atoms with Crippen LogP contribution in [0.5, 0.6) is 0 Å². The number of unbranched alkanes of at least 4 members (excludes halogenated alkanes) is 1. The van der Waals surface area contributed by atoms with Crippen LogP contribution in [0, 0.1) is 0 Å². The summed E-state index contributed by atoms with van der Waals surface area (Å²) in [6.07, 6.45) is -4.70. The molecule has 5 atom stereocenters. The SMILES string of the molecule is CCC[C@@H](O)[C@@H](O)[C@H](O)[C@H](O)[C@H](O)CCCCO. The minimum atomic E-state index is -1.59. The van der Waals surface area contributed by atoms with Crippen LogP contribution in [0.2, 0.25) is 0 Å². The molecule has 6 heteroatoms. The Morgan fingerprint density at radius 2 is 1.22 bits per heavy atom. The molecule has 0 amide bonds. The van der Waals surface area contributed by atoms with Crippen LogP contribution in [0.3, 0.4) is 0 Å². The lowest BCUT2D eigenvalue weighted by molar-refractivity contribution is -0.135. The van der Waals surface area contributed by atoms with E-state index < -0.39 is 30.5 Å². The van der Waals surface area contributed by atoms with Gasteiger partial charge in [0.05, 0.1) is 12.2 Å². The highest BCUT2D eigenvalue weighted by atomic mass is 16.4. The van der Waals surface area contributed by atoms with Crippen LogP contribution in [0.25, 0.3) is 0 Å². The second-order valence-corrected chi connectivity index (χ2v) is 4.61. The molecule has 0 radical (unpaired) electrons. The molecule has 0 aliphatic rings. The molecule has 0 heterocycles. The number of hydrogen-bond acceptors (Lipinski definition) is 6. The molecule has 0 saturated heterocycles. The molecule has 0 fully saturated rings. The van der Waals surface area contributed by atoms with Crippen LogP contribution in [0.4, 0.5) is 0 Å². The molecular formula is C12H26O6. The van der Waals surface area contributed by atoms with Crippen molar-refractivity contribution in [2.75, 3.05) is 6.61 Å². The fraction of sp³-hybridized carbons (Fsp3) is 1.00. The van der Waals surface area contributed by atoms with Crippen molar-refractivity contribution in [3.8, 4) is 0 Å². The van der Waals surface area contributed by atoms with Gasteiger partial charge >= 0.3 is 0 Å². The van der Waals surface area contributed by atoms with Gasteiger partial charge < -0.3 is 30.6 Å². The van der Waals surface area contributed by atoms with Crippen LogP contribution in [0.1, 0.15) is 39.0 Å². The van der Waals surface area contributed by atoms with E-state index in [-0.39, 0.29) is 13.0 Å². The summed E-state index contributed by atoms with van der Waals surface area (Å²) in [6.45, 7) is 1.83. The maximum absolute atomic E-state index is 9.64. The smallest absolute Gasteiger partial charge is 0.111 e. The summed E-state index contributed by atoms with van der Waals surface area (Å²) >= 11 is 0. The Kier molecular flexibility index (Phi) is 9.53. The Labute approximate surface area is 108 Å². The average molecular weight is 266 g/mol. The van der Waals surface area contributed by atoms with E-state index in [1.807, 2.05) is 6.92 Å². The monoisotopic (exact) mass is 266 g/mol. The first kappa shape index (κ1) is 17.8. The van der Waals surface area contributed by atoms with Gasteiger partial charge in [0.1, 0.15) is 18.3 Å². The summed E-state index contributed by atoms with van der Waals surface area (Å²) in [5, 5.41) is 56.5. The van der Waals surface area contributed by atoms with Gasteiger partial charge in [-0.15, -0.1) is 0 Å². The van der Waals surface area contributed by atoms with Gasteiger partial charge in [-0.05, 0) is 25.7 Å². The third-order valence-electron chi connectivity index (χ3n) is 2.98. The number of rotatable bonds is 10. The van der Waals surface area contributed by atoms with Crippen molar-refractivity contribution in [3.05, 3.63) is 0 Å². The molecule has 0 aromatic heterocycles. The van der Waals surface area contributed by atoms with Crippen LogP contribution in [-0.4, -0.2) is 67.8 Å². The van der Waals surface area contributed by atoms with Crippen molar-refractivity contribution in [1.29, 1.82) is 0 Å². The van der Waals surface area contributed by atoms with E-state index in [4.69, 9.17) is 5.11 Å². The normalized spacial score (nSPS) is 20.2. The summed E-state index contributed by atoms with van der Waals surface area (Å²) in [7, 11) is 0. The Morgan fingerprint density at radius 3 is 1.67 bits per heavy atom.